The fourth-order valence-corrected chi connectivity index (χ4v) is 2.30. The molecule has 0 aromatic carbocycles. The standard InChI is InChI=1S/C12H11N3O3/c16-7-3-4-15-10(5-7)9(6-13-15)8-1-2-11(17)14-12(8)18/h3-6,8,13H,1-2H2,(H,14,17,18). The van der Waals surface area contributed by atoms with E-state index in [4.69, 9.17) is 0 Å². The summed E-state index contributed by atoms with van der Waals surface area (Å²) in [6, 6.07) is 2.92. The van der Waals surface area contributed by atoms with Gasteiger partial charge in [0, 0.05) is 36.5 Å². The smallest absolute Gasteiger partial charge is 0.234 e. The van der Waals surface area contributed by atoms with Crippen LogP contribution in [-0.4, -0.2) is 21.4 Å². The van der Waals surface area contributed by atoms with E-state index >= 15 is 0 Å². The zero-order valence-electron chi connectivity index (χ0n) is 9.47. The molecule has 1 saturated heterocycles. The van der Waals surface area contributed by atoms with Gasteiger partial charge in [0.1, 0.15) is 0 Å². The molecule has 2 aromatic rings. The lowest BCUT2D eigenvalue weighted by Gasteiger charge is -2.19. The van der Waals surface area contributed by atoms with Crippen molar-refractivity contribution in [1.82, 2.24) is 14.9 Å². The van der Waals surface area contributed by atoms with Crippen molar-refractivity contribution in [3.05, 3.63) is 40.3 Å². The van der Waals surface area contributed by atoms with Crippen molar-refractivity contribution in [3.8, 4) is 0 Å². The second kappa shape index (κ2) is 3.83. The summed E-state index contributed by atoms with van der Waals surface area (Å²) in [6.07, 6.45) is 4.12. The van der Waals surface area contributed by atoms with Gasteiger partial charge in [-0.1, -0.05) is 0 Å². The van der Waals surface area contributed by atoms with Crippen molar-refractivity contribution < 1.29 is 9.59 Å². The molecule has 3 rings (SSSR count). The Kier molecular flexibility index (Phi) is 2.29. The first-order valence-corrected chi connectivity index (χ1v) is 5.68. The average Bonchev–Trinajstić information content (AvgIpc) is 2.72. The summed E-state index contributed by atoms with van der Waals surface area (Å²) in [6.45, 7) is 0. The Morgan fingerprint density at radius 3 is 2.89 bits per heavy atom. The predicted octanol–water partition coefficient (Wildman–Crippen LogP) is 0.148. The van der Waals surface area contributed by atoms with Crippen LogP contribution in [0.5, 0.6) is 0 Å². The molecule has 2 aromatic heterocycles. The molecule has 0 aliphatic carbocycles. The number of piperidine rings is 1. The van der Waals surface area contributed by atoms with E-state index < -0.39 is 0 Å². The van der Waals surface area contributed by atoms with Gasteiger partial charge in [0.05, 0.1) is 11.4 Å². The Hall–Kier alpha value is -2.37. The molecule has 1 aliphatic rings. The lowest BCUT2D eigenvalue weighted by Crippen LogP contribution is -2.39. The van der Waals surface area contributed by atoms with Crippen LogP contribution in [-0.2, 0) is 9.59 Å². The molecule has 3 heterocycles. The number of nitrogens with one attached hydrogen (secondary N) is 2. The molecule has 92 valence electrons. The van der Waals surface area contributed by atoms with Crippen molar-refractivity contribution in [2.24, 2.45) is 0 Å². The van der Waals surface area contributed by atoms with Crippen molar-refractivity contribution in [1.29, 1.82) is 0 Å². The van der Waals surface area contributed by atoms with Gasteiger partial charge in [0.2, 0.25) is 11.8 Å². The number of carbonyl (C=O) groups is 2. The van der Waals surface area contributed by atoms with Crippen LogP contribution in [0.15, 0.2) is 29.3 Å². The Morgan fingerprint density at radius 2 is 2.11 bits per heavy atom. The van der Waals surface area contributed by atoms with Gasteiger partial charge in [-0.15, -0.1) is 0 Å². The maximum absolute atomic E-state index is 11.8. The molecule has 6 nitrogen and oxygen atoms in total. The Balaban J connectivity index is 2.09. The highest BCUT2D eigenvalue weighted by Crippen LogP contribution is 2.27. The normalized spacial score (nSPS) is 20.1. The second-order valence-corrected chi connectivity index (χ2v) is 4.35. The maximum atomic E-state index is 11.8. The van der Waals surface area contributed by atoms with Crippen molar-refractivity contribution in [3.63, 3.8) is 0 Å². The van der Waals surface area contributed by atoms with Gasteiger partial charge in [0.15, 0.2) is 5.43 Å². The summed E-state index contributed by atoms with van der Waals surface area (Å²) in [5.41, 5.74) is 1.32. The first-order valence-electron chi connectivity index (χ1n) is 5.68. The minimum atomic E-state index is -0.384. The Morgan fingerprint density at radius 1 is 1.28 bits per heavy atom. The molecule has 0 spiro atoms. The number of carbonyl (C=O) groups excluding carboxylic acids is 2. The number of hydrogen-bond donors (Lipinski definition) is 2. The van der Waals surface area contributed by atoms with Gasteiger partial charge >= 0.3 is 0 Å². The number of fused-ring (bicyclic) bond motifs is 1. The number of amides is 2. The zero-order valence-corrected chi connectivity index (χ0v) is 9.47. The molecule has 6 heteroatoms. The Bertz CT molecular complexity index is 698. The van der Waals surface area contributed by atoms with E-state index in [2.05, 4.69) is 10.4 Å². The topological polar surface area (TPSA) is 83.4 Å². The number of pyridine rings is 1. The highest BCUT2D eigenvalue weighted by atomic mass is 16.2. The lowest BCUT2D eigenvalue weighted by molar-refractivity contribution is -0.134. The summed E-state index contributed by atoms with van der Waals surface area (Å²) in [5, 5.41) is 5.28. The summed E-state index contributed by atoms with van der Waals surface area (Å²) in [5.74, 6) is -0.928. The van der Waals surface area contributed by atoms with Crippen LogP contribution < -0.4 is 10.7 Å². The van der Waals surface area contributed by atoms with Gasteiger partial charge < -0.3 is 5.10 Å². The first kappa shape index (κ1) is 10.8. The predicted molar refractivity (Wildman–Crippen MR) is 63.1 cm³/mol. The van der Waals surface area contributed by atoms with Gasteiger partial charge in [-0.25, -0.2) is 0 Å². The van der Waals surface area contributed by atoms with E-state index in [9.17, 15) is 14.4 Å². The highest BCUT2D eigenvalue weighted by molar-refractivity contribution is 6.01. The fraction of sp³-hybridized carbons (Fsp3) is 0.250. The summed E-state index contributed by atoms with van der Waals surface area (Å²) < 4.78 is 1.68. The van der Waals surface area contributed by atoms with Gasteiger partial charge in [0.25, 0.3) is 0 Å². The third-order valence-electron chi connectivity index (χ3n) is 3.20. The molecule has 0 radical (unpaired) electrons. The van der Waals surface area contributed by atoms with E-state index in [1.807, 2.05) is 0 Å². The molecule has 1 aliphatic heterocycles. The molecule has 1 unspecified atom stereocenters. The lowest BCUT2D eigenvalue weighted by atomic mass is 9.91. The van der Waals surface area contributed by atoms with Crippen LogP contribution in [0.1, 0.15) is 24.3 Å². The first-order chi connectivity index (χ1) is 8.65. The van der Waals surface area contributed by atoms with Gasteiger partial charge in [-0.05, 0) is 6.42 Å². The number of nitrogens with zero attached hydrogens (tertiary/aromatic N) is 1. The number of H-pyrrole nitrogens is 1. The third kappa shape index (κ3) is 1.62. The summed E-state index contributed by atoms with van der Waals surface area (Å²) in [7, 11) is 0. The molecule has 0 saturated carbocycles. The zero-order chi connectivity index (χ0) is 12.7. The van der Waals surface area contributed by atoms with E-state index in [-0.39, 0.29) is 23.2 Å². The monoisotopic (exact) mass is 245 g/mol. The molecular weight excluding hydrogens is 234 g/mol. The van der Waals surface area contributed by atoms with Crippen LogP contribution in [0.3, 0.4) is 0 Å². The van der Waals surface area contributed by atoms with Gasteiger partial charge in [-0.3, -0.25) is 24.2 Å². The minimum absolute atomic E-state index is 0.108. The average molecular weight is 245 g/mol. The molecule has 1 atom stereocenters. The molecule has 0 bridgehead atoms. The van der Waals surface area contributed by atoms with E-state index in [0.717, 1.165) is 5.56 Å². The molecule has 1 fully saturated rings. The molecule has 2 amide bonds. The van der Waals surface area contributed by atoms with Crippen molar-refractivity contribution in [2.75, 3.05) is 0 Å². The van der Waals surface area contributed by atoms with Crippen LogP contribution in [0, 0.1) is 0 Å². The number of aromatic amines is 1. The molecule has 2 N–H and O–H groups in total. The summed E-state index contributed by atoms with van der Waals surface area (Å²) in [4.78, 5) is 34.3. The van der Waals surface area contributed by atoms with Crippen molar-refractivity contribution in [2.45, 2.75) is 18.8 Å². The number of hydrogen-bond acceptors (Lipinski definition) is 3. The maximum Gasteiger partial charge on any atom is 0.234 e. The summed E-state index contributed by atoms with van der Waals surface area (Å²) >= 11 is 0. The van der Waals surface area contributed by atoms with Crippen LogP contribution >= 0.6 is 0 Å². The SMILES string of the molecule is O=C1CCC(c2c[nH]n3ccc(=O)cc23)C(=O)N1. The van der Waals surface area contributed by atoms with E-state index in [1.54, 1.807) is 16.9 Å². The van der Waals surface area contributed by atoms with Crippen LogP contribution in [0.25, 0.3) is 5.52 Å². The van der Waals surface area contributed by atoms with E-state index in [1.165, 1.54) is 12.1 Å². The van der Waals surface area contributed by atoms with Crippen LogP contribution in [0.4, 0.5) is 0 Å². The molecule has 18 heavy (non-hydrogen) atoms. The van der Waals surface area contributed by atoms with Gasteiger partial charge in [-0.2, -0.15) is 0 Å². The quantitative estimate of drug-likeness (QED) is 0.701. The van der Waals surface area contributed by atoms with E-state index in [0.29, 0.717) is 18.4 Å². The second-order valence-electron chi connectivity index (χ2n) is 4.35. The highest BCUT2D eigenvalue weighted by Gasteiger charge is 2.29. The minimum Gasteiger partial charge on any atom is -0.301 e. The molecular formula is C12H11N3O3. The Labute approximate surface area is 102 Å². The third-order valence-corrected chi connectivity index (χ3v) is 3.20. The number of rotatable bonds is 1. The number of aromatic nitrogens is 2. The van der Waals surface area contributed by atoms with Crippen molar-refractivity contribution >= 4 is 17.3 Å². The van der Waals surface area contributed by atoms with Crippen LogP contribution in [0.2, 0.25) is 0 Å². The largest absolute Gasteiger partial charge is 0.301 e. The fourth-order valence-electron chi connectivity index (χ4n) is 2.30. The number of imide groups is 1.